The number of hydrogen-bond donors (Lipinski definition) is 2. The summed E-state index contributed by atoms with van der Waals surface area (Å²) in [5.74, 6) is -1.29. The third-order valence-electron chi connectivity index (χ3n) is 2.59. The predicted molar refractivity (Wildman–Crippen MR) is 72.0 cm³/mol. The summed E-state index contributed by atoms with van der Waals surface area (Å²) in [6.07, 6.45) is 0.572. The first kappa shape index (κ1) is 15.7. The molecule has 1 aromatic rings. The quantitative estimate of drug-likeness (QED) is 0.734. The van der Waals surface area contributed by atoms with Crippen molar-refractivity contribution in [3.8, 4) is 0 Å². The van der Waals surface area contributed by atoms with Crippen molar-refractivity contribution in [3.63, 3.8) is 0 Å². The van der Waals surface area contributed by atoms with Gasteiger partial charge in [0.2, 0.25) is 0 Å². The molecule has 6 heteroatoms. The Morgan fingerprint density at radius 1 is 1.35 bits per heavy atom. The number of aliphatic hydroxyl groups is 1. The molecule has 20 heavy (non-hydrogen) atoms. The molecule has 0 saturated heterocycles. The van der Waals surface area contributed by atoms with E-state index in [1.807, 2.05) is 6.07 Å². The van der Waals surface area contributed by atoms with Crippen molar-refractivity contribution in [3.05, 3.63) is 48.6 Å². The molecule has 0 aliphatic rings. The minimum Gasteiger partial charge on any atom is -0.480 e. The fourth-order valence-electron chi connectivity index (χ4n) is 1.61. The van der Waals surface area contributed by atoms with Crippen LogP contribution in [0, 0.1) is 0 Å². The number of amides is 1. The maximum Gasteiger partial charge on any atom is 0.411 e. The van der Waals surface area contributed by atoms with Crippen molar-refractivity contribution in [1.82, 2.24) is 4.90 Å². The zero-order valence-corrected chi connectivity index (χ0v) is 10.9. The van der Waals surface area contributed by atoms with Gasteiger partial charge < -0.3 is 14.9 Å². The Kier molecular flexibility index (Phi) is 6.25. The van der Waals surface area contributed by atoms with Crippen molar-refractivity contribution < 1.29 is 24.5 Å². The fourth-order valence-corrected chi connectivity index (χ4v) is 1.61. The number of benzene rings is 1. The van der Waals surface area contributed by atoms with E-state index in [0.29, 0.717) is 0 Å². The number of carbonyl (C=O) groups excluding carboxylic acids is 1. The lowest BCUT2D eigenvalue weighted by Crippen LogP contribution is -2.47. The van der Waals surface area contributed by atoms with Crippen LogP contribution in [-0.2, 0) is 16.1 Å². The summed E-state index contributed by atoms with van der Waals surface area (Å²) in [4.78, 5) is 24.0. The summed E-state index contributed by atoms with van der Waals surface area (Å²) in [6.45, 7) is 2.74. The fraction of sp³-hybridized carbons (Fsp3) is 0.286. The molecule has 0 aliphatic heterocycles. The molecule has 108 valence electrons. The van der Waals surface area contributed by atoms with Crippen LogP contribution in [0.5, 0.6) is 0 Å². The number of aliphatic carboxylic acids is 1. The SMILES string of the molecule is C=CCOC(=O)N(Cc1ccccc1)C(CO)C(=O)O. The Balaban J connectivity index is 2.91. The highest BCUT2D eigenvalue weighted by atomic mass is 16.6. The van der Waals surface area contributed by atoms with Crippen LogP contribution < -0.4 is 0 Å². The molecule has 1 aromatic carbocycles. The number of ether oxygens (including phenoxy) is 1. The molecule has 0 aromatic heterocycles. The van der Waals surface area contributed by atoms with Gasteiger partial charge in [0.1, 0.15) is 6.61 Å². The minimum atomic E-state index is -1.35. The average molecular weight is 279 g/mol. The Morgan fingerprint density at radius 3 is 2.50 bits per heavy atom. The number of nitrogens with zero attached hydrogens (tertiary/aromatic N) is 1. The van der Waals surface area contributed by atoms with Crippen molar-refractivity contribution in [2.24, 2.45) is 0 Å². The maximum absolute atomic E-state index is 11.9. The summed E-state index contributed by atoms with van der Waals surface area (Å²) < 4.78 is 4.85. The third-order valence-corrected chi connectivity index (χ3v) is 2.59. The highest BCUT2D eigenvalue weighted by molar-refractivity contribution is 5.80. The zero-order chi connectivity index (χ0) is 15.0. The topological polar surface area (TPSA) is 87.1 Å². The average Bonchev–Trinajstić information content (AvgIpc) is 2.45. The van der Waals surface area contributed by atoms with Crippen LogP contribution in [-0.4, -0.2) is 46.4 Å². The molecule has 0 spiro atoms. The van der Waals surface area contributed by atoms with Crippen molar-refractivity contribution in [1.29, 1.82) is 0 Å². The van der Waals surface area contributed by atoms with Gasteiger partial charge in [-0.05, 0) is 5.56 Å². The van der Waals surface area contributed by atoms with E-state index in [2.05, 4.69) is 6.58 Å². The number of carboxylic acids is 1. The molecular weight excluding hydrogens is 262 g/mol. The molecule has 2 N–H and O–H groups in total. The summed E-state index contributed by atoms with van der Waals surface area (Å²) in [5, 5.41) is 18.2. The number of aliphatic hydroxyl groups excluding tert-OH is 1. The van der Waals surface area contributed by atoms with Crippen molar-refractivity contribution >= 4 is 12.1 Å². The van der Waals surface area contributed by atoms with Crippen molar-refractivity contribution in [2.45, 2.75) is 12.6 Å². The van der Waals surface area contributed by atoms with E-state index in [0.717, 1.165) is 10.5 Å². The smallest absolute Gasteiger partial charge is 0.411 e. The second-order valence-electron chi connectivity index (χ2n) is 4.02. The van der Waals surface area contributed by atoms with Crippen LogP contribution in [0.25, 0.3) is 0 Å². The van der Waals surface area contributed by atoms with Crippen LogP contribution in [0.2, 0.25) is 0 Å². The Morgan fingerprint density at radius 2 is 2.00 bits per heavy atom. The monoisotopic (exact) mass is 279 g/mol. The second-order valence-corrected chi connectivity index (χ2v) is 4.02. The zero-order valence-electron chi connectivity index (χ0n) is 10.9. The summed E-state index contributed by atoms with van der Waals surface area (Å²) in [7, 11) is 0. The van der Waals surface area contributed by atoms with E-state index in [9.17, 15) is 9.59 Å². The van der Waals surface area contributed by atoms with E-state index < -0.39 is 24.7 Å². The summed E-state index contributed by atoms with van der Waals surface area (Å²) in [6, 6.07) is 7.51. The first-order valence-electron chi connectivity index (χ1n) is 6.02. The van der Waals surface area contributed by atoms with E-state index in [1.165, 1.54) is 6.08 Å². The predicted octanol–water partition coefficient (Wildman–Crippen LogP) is 1.26. The molecule has 6 nitrogen and oxygen atoms in total. The molecule has 1 rings (SSSR count). The maximum atomic E-state index is 11.9. The van der Waals surface area contributed by atoms with Gasteiger partial charge in [0.15, 0.2) is 6.04 Å². The van der Waals surface area contributed by atoms with Crippen LogP contribution in [0.4, 0.5) is 4.79 Å². The lowest BCUT2D eigenvalue weighted by atomic mass is 10.2. The van der Waals surface area contributed by atoms with Gasteiger partial charge in [-0.15, -0.1) is 0 Å². The summed E-state index contributed by atoms with van der Waals surface area (Å²) in [5.41, 5.74) is 0.739. The van der Waals surface area contributed by atoms with Crippen molar-refractivity contribution in [2.75, 3.05) is 13.2 Å². The van der Waals surface area contributed by atoms with E-state index >= 15 is 0 Å². The van der Waals surface area contributed by atoms with Gasteiger partial charge in [0, 0.05) is 0 Å². The lowest BCUT2D eigenvalue weighted by molar-refractivity contribution is -0.144. The van der Waals surface area contributed by atoms with E-state index in [4.69, 9.17) is 14.9 Å². The third kappa shape index (κ3) is 4.40. The highest BCUT2D eigenvalue weighted by Gasteiger charge is 2.30. The van der Waals surface area contributed by atoms with Gasteiger partial charge in [0.05, 0.1) is 13.2 Å². The van der Waals surface area contributed by atoms with Gasteiger partial charge in [-0.25, -0.2) is 9.59 Å². The van der Waals surface area contributed by atoms with Gasteiger partial charge in [-0.2, -0.15) is 0 Å². The van der Waals surface area contributed by atoms with Gasteiger partial charge in [0.25, 0.3) is 0 Å². The molecule has 1 atom stereocenters. The minimum absolute atomic E-state index is 0.0259. The first-order chi connectivity index (χ1) is 9.60. The van der Waals surface area contributed by atoms with Gasteiger partial charge >= 0.3 is 12.1 Å². The number of carboxylic acid groups (broad SMARTS) is 1. The number of carbonyl (C=O) groups is 2. The van der Waals surface area contributed by atoms with E-state index in [1.54, 1.807) is 24.3 Å². The standard InChI is InChI=1S/C14H17NO5/c1-2-8-20-14(19)15(12(10-16)13(17)18)9-11-6-4-3-5-7-11/h2-7,12,16H,1,8-10H2,(H,17,18). The second kappa shape index (κ2) is 7.96. The lowest BCUT2D eigenvalue weighted by Gasteiger charge is -2.26. The molecular formula is C14H17NO5. The van der Waals surface area contributed by atoms with E-state index in [-0.39, 0.29) is 13.2 Å². The van der Waals surface area contributed by atoms with Crippen LogP contribution in [0.3, 0.4) is 0 Å². The van der Waals surface area contributed by atoms with Crippen LogP contribution in [0.1, 0.15) is 5.56 Å². The Hall–Kier alpha value is -2.34. The number of rotatable bonds is 7. The number of hydrogen-bond acceptors (Lipinski definition) is 4. The normalized spacial score (nSPS) is 11.4. The Bertz CT molecular complexity index is 460. The largest absolute Gasteiger partial charge is 0.480 e. The molecule has 0 fully saturated rings. The van der Waals surface area contributed by atoms with Crippen LogP contribution >= 0.6 is 0 Å². The van der Waals surface area contributed by atoms with Gasteiger partial charge in [-0.1, -0.05) is 43.0 Å². The molecule has 1 amide bonds. The van der Waals surface area contributed by atoms with Crippen LogP contribution in [0.15, 0.2) is 43.0 Å². The van der Waals surface area contributed by atoms with Gasteiger partial charge in [-0.3, -0.25) is 4.90 Å². The molecule has 1 unspecified atom stereocenters. The summed E-state index contributed by atoms with van der Waals surface area (Å²) >= 11 is 0. The molecule has 0 heterocycles. The highest BCUT2D eigenvalue weighted by Crippen LogP contribution is 2.10. The molecule has 0 aliphatic carbocycles. The first-order valence-corrected chi connectivity index (χ1v) is 6.02. The molecule has 0 radical (unpaired) electrons. The molecule has 0 saturated carbocycles. The Labute approximate surface area is 116 Å². The molecule has 0 bridgehead atoms.